The molecule has 3 aliphatic heterocycles. The lowest BCUT2D eigenvalue weighted by molar-refractivity contribution is 0.00578. The Morgan fingerprint density at radius 3 is 0.915 bits per heavy atom. The molecule has 0 aliphatic carbocycles. The van der Waals surface area contributed by atoms with E-state index in [-0.39, 0.29) is 29.8 Å². The molecule has 0 N–H and O–H groups in total. The van der Waals surface area contributed by atoms with Gasteiger partial charge in [-0.3, -0.25) is 0 Å². The number of fused-ring (bicyclic) bond motifs is 4. The van der Waals surface area contributed by atoms with Crippen LogP contribution < -0.4 is 15.3 Å². The zero-order chi connectivity index (χ0) is 82.2. The molecule has 14 aromatic rings. The molecule has 0 unspecified atom stereocenters. The van der Waals surface area contributed by atoms with Gasteiger partial charge in [0, 0.05) is 67.3 Å². The molecular weight excluding hydrogens is 1620 g/mol. The zero-order valence-electron chi connectivity index (χ0n) is 70.6. The molecule has 0 bridgehead atoms. The van der Waals surface area contributed by atoms with E-state index in [0.29, 0.717) is 57.1 Å². The van der Waals surface area contributed by atoms with Gasteiger partial charge in [-0.2, -0.15) is 0 Å². The summed E-state index contributed by atoms with van der Waals surface area (Å²) in [7, 11) is -0.825. The lowest BCUT2D eigenvalue weighted by Crippen LogP contribution is -2.41. The number of anilines is 6. The molecule has 3 aliphatic rings. The van der Waals surface area contributed by atoms with Crippen LogP contribution in [0.1, 0.15) is 139 Å². The molecule has 590 valence electrons. The predicted molar refractivity (Wildman–Crippen MR) is 494 cm³/mol. The van der Waals surface area contributed by atoms with Gasteiger partial charge in [0.15, 0.2) is 34.9 Å². The van der Waals surface area contributed by atoms with Gasteiger partial charge in [0.2, 0.25) is 0 Å². The minimum Gasteiger partial charge on any atom is -0.399 e. The van der Waals surface area contributed by atoms with Crippen LogP contribution in [0.25, 0.3) is 79.5 Å². The van der Waals surface area contributed by atoms with Crippen LogP contribution in [0.4, 0.5) is 42.9 Å². The highest BCUT2D eigenvalue weighted by Crippen LogP contribution is 2.56. The standard InChI is InChI=1S/C48H43FN4.C27H25BFN3O2.C27H30BrN.HI/c1-27-29(3)33(7)44-39(31(27)5)26-40-32(6)28(2)30(4)34(8)45(40)53(44)43-22-16-15-21-38(43)41-25-37(23-24-42(41)49)48-51-46(35-17-11-9-12-18-35)50-47(52-48)36-19-13-10-14-20-36;1-26(2)27(3,4)34-28(33-26)21-17-20(15-16-22(21)29)25-31-23(18-11-7-5-8-12-18)30-24(32-25)19-13-9-6-10-14-19;1-14-16(3)20(7)26-22(18(14)5)13-23-19(6)15(2)17(4)21(8)27(23)29(26)25-12-10-9-11-24(25)28;/h9-25H,26H2,1-8H3;5-17H,1-4H3;9-12H,13H2,1-8H3;1H. The molecule has 117 heavy (non-hydrogen) atoms. The first kappa shape index (κ1) is 82.8. The van der Waals surface area contributed by atoms with Gasteiger partial charge in [-0.1, -0.05) is 152 Å². The largest absolute Gasteiger partial charge is 0.497 e. The number of para-hydroxylation sites is 2. The quantitative estimate of drug-likeness (QED) is 0.0972. The van der Waals surface area contributed by atoms with Crippen molar-refractivity contribution in [3.05, 3.63) is 334 Å². The summed E-state index contributed by atoms with van der Waals surface area (Å²) in [5.74, 6) is 2.45. The summed E-state index contributed by atoms with van der Waals surface area (Å²) in [4.78, 5) is 33.9. The molecule has 10 nitrogen and oxygen atoms in total. The van der Waals surface area contributed by atoms with Gasteiger partial charge >= 0.3 is 7.12 Å². The second-order valence-electron chi connectivity index (χ2n) is 32.4. The molecule has 0 saturated carbocycles. The predicted octanol–water partition coefficient (Wildman–Crippen LogP) is 26.7. The molecule has 17 rings (SSSR count). The van der Waals surface area contributed by atoms with Crippen LogP contribution in [0.15, 0.2) is 211 Å². The maximum atomic E-state index is 16.4. The van der Waals surface area contributed by atoms with Crippen molar-refractivity contribution in [1.29, 1.82) is 0 Å². The van der Waals surface area contributed by atoms with Crippen LogP contribution >= 0.6 is 39.9 Å². The van der Waals surface area contributed by atoms with Crippen LogP contribution in [-0.4, -0.2) is 48.2 Å². The molecule has 2 aromatic heterocycles. The Kier molecular flexibility index (Phi) is 23.4. The number of hydrogen-bond donors (Lipinski definition) is 0. The van der Waals surface area contributed by atoms with Gasteiger partial charge in [-0.15, -0.1) is 24.0 Å². The fraction of sp³-hybridized carbons (Fsp3) is 0.235. The summed E-state index contributed by atoms with van der Waals surface area (Å²) in [5.41, 5.74) is 39.9. The number of nitrogens with zero attached hydrogens (tertiary/aromatic N) is 8. The molecule has 5 heterocycles. The van der Waals surface area contributed by atoms with Gasteiger partial charge in [0.25, 0.3) is 0 Å². The van der Waals surface area contributed by atoms with Crippen molar-refractivity contribution in [3.63, 3.8) is 0 Å². The Balaban J connectivity index is 0.000000152. The van der Waals surface area contributed by atoms with E-state index in [1.807, 2.05) is 167 Å². The first-order valence-electron chi connectivity index (χ1n) is 39.9. The lowest BCUT2D eigenvalue weighted by Gasteiger charge is -2.40. The SMILES string of the molecule is CC1(C)OB(c2cc(-c3nc(-c4ccccc4)nc(-c4ccccc4)n3)ccc2F)OC1(C)C.Cc1c(C)c(C)c2c(c1C)Cc1c(C)c(C)c(C)c(C)c1N2c1ccccc1-c1cc(-c2nc(-c3ccccc3)nc(-c3ccccc3)n2)ccc1F.Cc1c(C)c(C)c2c(c1C)Cc1c(C)c(C)c(C)c(C)c1N2c1ccccc1Br.I. The van der Waals surface area contributed by atoms with Crippen molar-refractivity contribution in [2.24, 2.45) is 0 Å². The molecule has 1 saturated heterocycles. The highest BCUT2D eigenvalue weighted by molar-refractivity contribution is 14.0. The van der Waals surface area contributed by atoms with E-state index in [4.69, 9.17) is 39.2 Å². The maximum Gasteiger partial charge on any atom is 0.497 e. The van der Waals surface area contributed by atoms with Crippen LogP contribution in [0.3, 0.4) is 0 Å². The van der Waals surface area contributed by atoms with Gasteiger partial charge in [0.1, 0.15) is 11.6 Å². The van der Waals surface area contributed by atoms with Crippen LogP contribution in [0.5, 0.6) is 0 Å². The van der Waals surface area contributed by atoms with Crippen LogP contribution in [0.2, 0.25) is 0 Å². The smallest absolute Gasteiger partial charge is 0.399 e. The van der Waals surface area contributed by atoms with Crippen molar-refractivity contribution in [1.82, 2.24) is 29.9 Å². The number of halogens is 4. The summed E-state index contributed by atoms with van der Waals surface area (Å²) >= 11 is 3.85. The van der Waals surface area contributed by atoms with Crippen LogP contribution in [-0.2, 0) is 22.2 Å². The highest BCUT2D eigenvalue weighted by Gasteiger charge is 2.52. The summed E-state index contributed by atoms with van der Waals surface area (Å²) in [5, 5.41) is 0. The highest BCUT2D eigenvalue weighted by atomic mass is 127. The van der Waals surface area contributed by atoms with Gasteiger partial charge in [0.05, 0.1) is 45.3 Å². The minimum atomic E-state index is -0.825. The third-order valence-electron chi connectivity index (χ3n) is 25.6. The van der Waals surface area contributed by atoms with Gasteiger partial charge in [-0.05, 0) is 320 Å². The Labute approximate surface area is 714 Å². The van der Waals surface area contributed by atoms with Crippen molar-refractivity contribution >= 4 is 86.6 Å². The van der Waals surface area contributed by atoms with E-state index in [9.17, 15) is 4.39 Å². The third-order valence-corrected chi connectivity index (χ3v) is 26.3. The minimum absolute atomic E-state index is 0. The summed E-state index contributed by atoms with van der Waals surface area (Å²) < 4.78 is 44.7. The van der Waals surface area contributed by atoms with Gasteiger partial charge < -0.3 is 19.1 Å². The fourth-order valence-electron chi connectivity index (χ4n) is 16.7. The molecular formula is C102H99BBrF2IN8O2. The third kappa shape index (κ3) is 15.2. The zero-order valence-corrected chi connectivity index (χ0v) is 74.5. The average molecular weight is 1720 g/mol. The molecule has 0 amide bonds. The Morgan fingerprint density at radius 2 is 0.573 bits per heavy atom. The van der Waals surface area contributed by atoms with E-state index in [2.05, 4.69) is 173 Å². The Morgan fingerprint density at radius 1 is 0.299 bits per heavy atom. The van der Waals surface area contributed by atoms with E-state index in [1.165, 1.54) is 146 Å². The second kappa shape index (κ2) is 33.0. The number of aromatic nitrogens is 6. The number of rotatable bonds is 10. The monoisotopic (exact) mass is 1720 g/mol. The topological polar surface area (TPSA) is 102 Å². The maximum absolute atomic E-state index is 16.4. The fourth-order valence-corrected chi connectivity index (χ4v) is 17.2. The first-order valence-corrected chi connectivity index (χ1v) is 40.7. The second-order valence-corrected chi connectivity index (χ2v) is 33.3. The molecule has 0 radical (unpaired) electrons. The normalized spacial score (nSPS) is 13.5. The molecule has 15 heteroatoms. The average Bonchev–Trinajstić information content (AvgIpc) is 1.39. The van der Waals surface area contributed by atoms with E-state index in [1.54, 1.807) is 24.3 Å². The van der Waals surface area contributed by atoms with Crippen molar-refractivity contribution in [3.8, 4) is 79.5 Å². The number of benzene rings is 12. The Bertz CT molecular complexity index is 5970. The van der Waals surface area contributed by atoms with Crippen molar-refractivity contribution < 1.29 is 18.1 Å². The first-order chi connectivity index (χ1) is 55.4. The number of hydrogen-bond acceptors (Lipinski definition) is 10. The lowest BCUT2D eigenvalue weighted by atomic mass is 9.78. The Hall–Kier alpha value is -10.7. The summed E-state index contributed by atoms with van der Waals surface area (Å²) in [6.45, 7) is 43.9. The van der Waals surface area contributed by atoms with Crippen molar-refractivity contribution in [2.75, 3.05) is 9.80 Å². The molecule has 0 atom stereocenters. The van der Waals surface area contributed by atoms with E-state index >= 15 is 4.39 Å². The van der Waals surface area contributed by atoms with E-state index in [0.717, 1.165) is 50.8 Å². The molecule has 1 fully saturated rings. The summed E-state index contributed by atoms with van der Waals surface area (Å²) in [6.07, 6.45) is 1.87. The molecule has 0 spiro atoms. The van der Waals surface area contributed by atoms with Crippen molar-refractivity contribution in [2.45, 2.75) is 163 Å². The summed E-state index contributed by atoms with van der Waals surface area (Å²) in [6, 6.07) is 66.1. The molecule has 12 aromatic carbocycles. The van der Waals surface area contributed by atoms with Gasteiger partial charge in [-0.25, -0.2) is 38.7 Å². The van der Waals surface area contributed by atoms with Crippen LogP contribution in [0, 0.1) is 122 Å². The van der Waals surface area contributed by atoms with E-state index < -0.39 is 24.1 Å².